The minimum Gasteiger partial charge on any atom is -0.287 e. The number of nitrogen functional groups attached to an aromatic ring is 1. The van der Waals surface area contributed by atoms with Crippen LogP contribution in [0.15, 0.2) is 36.5 Å². The molecule has 1 aromatic carbocycles. The Bertz CT molecular complexity index is 541. The summed E-state index contributed by atoms with van der Waals surface area (Å²) >= 11 is 5.79. The van der Waals surface area contributed by atoms with Crippen molar-refractivity contribution in [2.24, 2.45) is 5.84 Å². The third kappa shape index (κ3) is 2.58. The number of hydrogen-bond acceptors (Lipinski definition) is 4. The maximum atomic E-state index is 11.3. The molecule has 5 nitrogen and oxygen atoms in total. The van der Waals surface area contributed by atoms with Crippen molar-refractivity contribution in [1.82, 2.24) is 15.4 Å². The Balaban J connectivity index is 2.39. The third-order valence-corrected chi connectivity index (χ3v) is 2.38. The lowest BCUT2D eigenvalue weighted by Gasteiger charge is -2.02. The van der Waals surface area contributed by atoms with Crippen LogP contribution in [0.25, 0.3) is 11.3 Å². The van der Waals surface area contributed by atoms with Gasteiger partial charge in [0.05, 0.1) is 5.69 Å². The van der Waals surface area contributed by atoms with Crippen LogP contribution in [0, 0.1) is 0 Å². The molecule has 0 saturated carbocycles. The van der Waals surface area contributed by atoms with Crippen LogP contribution >= 0.6 is 11.6 Å². The van der Waals surface area contributed by atoms with Crippen molar-refractivity contribution >= 4 is 17.5 Å². The molecule has 0 unspecified atom stereocenters. The molecular weight excluding hydrogens is 240 g/mol. The highest BCUT2D eigenvalue weighted by Gasteiger charge is 2.08. The fourth-order valence-corrected chi connectivity index (χ4v) is 1.44. The summed E-state index contributed by atoms with van der Waals surface area (Å²) in [6.07, 6.45) is 1.50. The first-order valence-electron chi connectivity index (χ1n) is 4.80. The number of nitrogens with zero attached hydrogens (tertiary/aromatic N) is 2. The zero-order valence-corrected chi connectivity index (χ0v) is 9.48. The molecule has 1 heterocycles. The monoisotopic (exact) mass is 248 g/mol. The van der Waals surface area contributed by atoms with Gasteiger partial charge < -0.3 is 0 Å². The fourth-order valence-electron chi connectivity index (χ4n) is 1.31. The first kappa shape index (κ1) is 11.5. The smallest absolute Gasteiger partial charge is 0.287 e. The molecule has 17 heavy (non-hydrogen) atoms. The number of carbonyl (C=O) groups excluding carboxylic acids is 1. The second-order valence-corrected chi connectivity index (χ2v) is 3.68. The van der Waals surface area contributed by atoms with E-state index in [0.717, 1.165) is 5.56 Å². The van der Waals surface area contributed by atoms with E-state index in [1.165, 1.54) is 6.20 Å². The van der Waals surface area contributed by atoms with Crippen molar-refractivity contribution in [3.63, 3.8) is 0 Å². The summed E-state index contributed by atoms with van der Waals surface area (Å²) in [5, 5.41) is 0.641. The Morgan fingerprint density at radius 2 is 1.94 bits per heavy atom. The average Bonchev–Trinajstić information content (AvgIpc) is 2.39. The van der Waals surface area contributed by atoms with Crippen molar-refractivity contribution in [2.75, 3.05) is 0 Å². The maximum absolute atomic E-state index is 11.3. The first-order valence-corrected chi connectivity index (χ1v) is 5.18. The molecule has 1 aromatic heterocycles. The predicted octanol–water partition coefficient (Wildman–Crippen LogP) is 1.40. The Morgan fingerprint density at radius 1 is 1.24 bits per heavy atom. The second kappa shape index (κ2) is 4.90. The standard InChI is InChI=1S/C11H9ClN4O/c12-8-3-1-7(2-4-8)9-5-6-14-10(15-9)11(17)16-13/h1-6H,13H2,(H,16,17). The average molecular weight is 249 g/mol. The van der Waals surface area contributed by atoms with Gasteiger partial charge in [0.15, 0.2) is 0 Å². The lowest BCUT2D eigenvalue weighted by atomic mass is 10.1. The number of nitrogens with one attached hydrogen (secondary N) is 1. The number of carbonyl (C=O) groups is 1. The number of halogens is 1. The largest absolute Gasteiger partial charge is 0.302 e. The summed E-state index contributed by atoms with van der Waals surface area (Å²) in [6.45, 7) is 0. The van der Waals surface area contributed by atoms with Gasteiger partial charge in [-0.3, -0.25) is 10.2 Å². The Labute approximate surface area is 103 Å². The normalized spacial score (nSPS) is 10.0. The minimum atomic E-state index is -0.527. The van der Waals surface area contributed by atoms with Gasteiger partial charge >= 0.3 is 5.91 Å². The van der Waals surface area contributed by atoms with Crippen LogP contribution < -0.4 is 11.3 Å². The van der Waals surface area contributed by atoms with E-state index in [1.54, 1.807) is 18.2 Å². The summed E-state index contributed by atoms with van der Waals surface area (Å²) in [6, 6.07) is 8.84. The van der Waals surface area contributed by atoms with Crippen molar-refractivity contribution in [3.8, 4) is 11.3 Å². The number of rotatable bonds is 2. The van der Waals surface area contributed by atoms with E-state index in [2.05, 4.69) is 9.97 Å². The lowest BCUT2D eigenvalue weighted by molar-refractivity contribution is 0.0943. The van der Waals surface area contributed by atoms with Gasteiger partial charge in [0.1, 0.15) is 0 Å². The Morgan fingerprint density at radius 3 is 2.59 bits per heavy atom. The molecule has 0 radical (unpaired) electrons. The number of amides is 1. The molecule has 0 bridgehead atoms. The molecule has 0 fully saturated rings. The highest BCUT2D eigenvalue weighted by Crippen LogP contribution is 2.19. The van der Waals surface area contributed by atoms with E-state index < -0.39 is 5.91 Å². The van der Waals surface area contributed by atoms with Crippen LogP contribution in [0.1, 0.15) is 10.6 Å². The van der Waals surface area contributed by atoms with Crippen molar-refractivity contribution in [3.05, 3.63) is 47.4 Å². The summed E-state index contributed by atoms with van der Waals surface area (Å²) in [5.41, 5.74) is 3.47. The molecule has 2 aromatic rings. The van der Waals surface area contributed by atoms with Gasteiger partial charge in [-0.1, -0.05) is 23.7 Å². The van der Waals surface area contributed by atoms with E-state index in [-0.39, 0.29) is 5.82 Å². The van der Waals surface area contributed by atoms with Gasteiger partial charge in [0.2, 0.25) is 5.82 Å². The van der Waals surface area contributed by atoms with E-state index in [4.69, 9.17) is 17.4 Å². The first-order chi connectivity index (χ1) is 8.20. The van der Waals surface area contributed by atoms with Crippen LogP contribution in [0.3, 0.4) is 0 Å². The van der Waals surface area contributed by atoms with Crippen LogP contribution in [0.4, 0.5) is 0 Å². The molecule has 0 aliphatic heterocycles. The van der Waals surface area contributed by atoms with Crippen LogP contribution in [-0.4, -0.2) is 15.9 Å². The lowest BCUT2D eigenvalue weighted by Crippen LogP contribution is -2.31. The van der Waals surface area contributed by atoms with Gasteiger partial charge in [0, 0.05) is 16.8 Å². The molecule has 0 saturated heterocycles. The Hall–Kier alpha value is -1.98. The molecule has 0 aliphatic carbocycles. The molecule has 0 atom stereocenters. The summed E-state index contributed by atoms with van der Waals surface area (Å²) < 4.78 is 0. The number of nitrogens with two attached hydrogens (primary N) is 1. The van der Waals surface area contributed by atoms with Gasteiger partial charge in [0.25, 0.3) is 0 Å². The van der Waals surface area contributed by atoms with E-state index in [9.17, 15) is 4.79 Å². The van der Waals surface area contributed by atoms with E-state index >= 15 is 0 Å². The topological polar surface area (TPSA) is 80.9 Å². The molecule has 86 valence electrons. The Kier molecular flexibility index (Phi) is 3.32. The van der Waals surface area contributed by atoms with Crippen LogP contribution in [0.2, 0.25) is 5.02 Å². The molecule has 3 N–H and O–H groups in total. The summed E-state index contributed by atoms with van der Waals surface area (Å²) in [5.74, 6) is 4.52. The quantitative estimate of drug-likeness (QED) is 0.478. The zero-order valence-electron chi connectivity index (χ0n) is 8.72. The molecule has 0 spiro atoms. The fraction of sp³-hybridized carbons (Fsp3) is 0. The molecule has 1 amide bonds. The highest BCUT2D eigenvalue weighted by molar-refractivity contribution is 6.30. The molecular formula is C11H9ClN4O. The SMILES string of the molecule is NNC(=O)c1nccc(-c2ccc(Cl)cc2)n1. The van der Waals surface area contributed by atoms with E-state index in [1.807, 2.05) is 17.6 Å². The maximum Gasteiger partial charge on any atom is 0.302 e. The minimum absolute atomic E-state index is 0.0277. The third-order valence-electron chi connectivity index (χ3n) is 2.13. The van der Waals surface area contributed by atoms with Crippen LogP contribution in [-0.2, 0) is 0 Å². The van der Waals surface area contributed by atoms with E-state index in [0.29, 0.717) is 10.7 Å². The molecule has 6 heteroatoms. The van der Waals surface area contributed by atoms with Gasteiger partial charge in [-0.2, -0.15) is 0 Å². The van der Waals surface area contributed by atoms with Gasteiger partial charge in [-0.05, 0) is 18.2 Å². The summed E-state index contributed by atoms with van der Waals surface area (Å²) in [7, 11) is 0. The highest BCUT2D eigenvalue weighted by atomic mass is 35.5. The summed E-state index contributed by atoms with van der Waals surface area (Å²) in [4.78, 5) is 19.2. The number of aromatic nitrogens is 2. The zero-order chi connectivity index (χ0) is 12.3. The van der Waals surface area contributed by atoms with Crippen molar-refractivity contribution in [2.45, 2.75) is 0 Å². The molecule has 0 aliphatic rings. The number of hydrazine groups is 1. The number of benzene rings is 1. The molecule has 2 rings (SSSR count). The predicted molar refractivity (Wildman–Crippen MR) is 64.1 cm³/mol. The number of hydrogen-bond donors (Lipinski definition) is 2. The van der Waals surface area contributed by atoms with Gasteiger partial charge in [-0.15, -0.1) is 0 Å². The second-order valence-electron chi connectivity index (χ2n) is 3.25. The van der Waals surface area contributed by atoms with Crippen molar-refractivity contribution in [1.29, 1.82) is 0 Å². The van der Waals surface area contributed by atoms with Gasteiger partial charge in [-0.25, -0.2) is 15.8 Å². The van der Waals surface area contributed by atoms with Crippen LogP contribution in [0.5, 0.6) is 0 Å². The van der Waals surface area contributed by atoms with Crippen molar-refractivity contribution < 1.29 is 4.79 Å².